The Morgan fingerprint density at radius 3 is 2.68 bits per heavy atom. The first kappa shape index (κ1) is 15.5. The van der Waals surface area contributed by atoms with Crippen LogP contribution in [0.25, 0.3) is 0 Å². The highest BCUT2D eigenvalue weighted by atomic mass is 35.5. The lowest BCUT2D eigenvalue weighted by molar-refractivity contribution is 0.0182. The number of likely N-dealkylation sites (tertiary alicyclic amines) is 1. The molecule has 0 spiro atoms. The van der Waals surface area contributed by atoms with Crippen molar-refractivity contribution in [1.29, 1.82) is 0 Å². The van der Waals surface area contributed by atoms with Gasteiger partial charge in [0.05, 0.1) is 13.2 Å². The Bertz CT molecular complexity index is 255. The van der Waals surface area contributed by atoms with Gasteiger partial charge in [-0.15, -0.1) is 12.4 Å². The number of morpholine rings is 1. The molecular weight excluding hydrogens is 262 g/mol. The standard InChI is InChI=1S/C14H27N3O.ClH/c1-2-13(10-15-4-1)11-16-5-3-14(12-16)17-6-8-18-9-7-17;/h13-15H,1-12H2;1H. The lowest BCUT2D eigenvalue weighted by Gasteiger charge is -2.33. The van der Waals surface area contributed by atoms with Crippen molar-refractivity contribution in [2.75, 3.05) is 59.0 Å². The summed E-state index contributed by atoms with van der Waals surface area (Å²) in [5.74, 6) is 0.891. The van der Waals surface area contributed by atoms with Gasteiger partial charge in [0.1, 0.15) is 0 Å². The molecule has 0 aromatic heterocycles. The third-order valence-corrected chi connectivity index (χ3v) is 4.72. The molecule has 1 N–H and O–H groups in total. The zero-order chi connectivity index (χ0) is 12.2. The zero-order valence-corrected chi connectivity index (χ0v) is 12.7. The van der Waals surface area contributed by atoms with Gasteiger partial charge in [-0.3, -0.25) is 4.90 Å². The first-order valence-corrected chi connectivity index (χ1v) is 7.67. The third kappa shape index (κ3) is 4.30. The lowest BCUT2D eigenvalue weighted by Crippen LogP contribution is -2.45. The smallest absolute Gasteiger partial charge is 0.0594 e. The van der Waals surface area contributed by atoms with Crippen molar-refractivity contribution in [3.05, 3.63) is 0 Å². The second-order valence-corrected chi connectivity index (χ2v) is 6.06. The first-order chi connectivity index (χ1) is 8.92. The van der Waals surface area contributed by atoms with Crippen LogP contribution in [0.5, 0.6) is 0 Å². The molecule has 2 atom stereocenters. The van der Waals surface area contributed by atoms with Gasteiger partial charge in [-0.05, 0) is 44.8 Å². The highest BCUT2D eigenvalue weighted by Gasteiger charge is 2.29. The fourth-order valence-corrected chi connectivity index (χ4v) is 3.66. The van der Waals surface area contributed by atoms with Crippen LogP contribution in [0.2, 0.25) is 0 Å². The number of nitrogens with one attached hydrogen (secondary N) is 1. The van der Waals surface area contributed by atoms with Crippen LogP contribution in [-0.2, 0) is 4.74 Å². The third-order valence-electron chi connectivity index (χ3n) is 4.72. The fraction of sp³-hybridized carbons (Fsp3) is 1.00. The van der Waals surface area contributed by atoms with Gasteiger partial charge in [-0.2, -0.15) is 0 Å². The largest absolute Gasteiger partial charge is 0.379 e. The van der Waals surface area contributed by atoms with E-state index in [0.29, 0.717) is 0 Å². The van der Waals surface area contributed by atoms with Gasteiger partial charge in [0.2, 0.25) is 0 Å². The summed E-state index contributed by atoms with van der Waals surface area (Å²) in [6, 6.07) is 0.797. The number of hydrogen-bond donors (Lipinski definition) is 1. The van der Waals surface area contributed by atoms with Gasteiger partial charge in [0.25, 0.3) is 0 Å². The SMILES string of the molecule is C1CNCC(CN2CCC(N3CCOCC3)C2)C1.Cl. The van der Waals surface area contributed by atoms with E-state index in [1.165, 1.54) is 52.0 Å². The summed E-state index contributed by atoms with van der Waals surface area (Å²) in [6.07, 6.45) is 4.15. The Morgan fingerprint density at radius 1 is 1.11 bits per heavy atom. The molecule has 3 saturated heterocycles. The number of rotatable bonds is 3. The van der Waals surface area contributed by atoms with Gasteiger partial charge >= 0.3 is 0 Å². The molecular formula is C14H28ClN3O. The summed E-state index contributed by atoms with van der Waals surface area (Å²) in [6.45, 7) is 10.5. The second-order valence-electron chi connectivity index (χ2n) is 6.06. The van der Waals surface area contributed by atoms with Crippen LogP contribution in [0.1, 0.15) is 19.3 Å². The molecule has 0 radical (unpaired) electrons. The van der Waals surface area contributed by atoms with E-state index in [-0.39, 0.29) is 12.4 Å². The number of ether oxygens (including phenoxy) is 1. The molecule has 3 heterocycles. The maximum absolute atomic E-state index is 5.44. The van der Waals surface area contributed by atoms with Crippen molar-refractivity contribution in [2.45, 2.75) is 25.3 Å². The van der Waals surface area contributed by atoms with E-state index < -0.39 is 0 Å². The van der Waals surface area contributed by atoms with Crippen LogP contribution in [-0.4, -0.2) is 74.9 Å². The second kappa shape index (κ2) is 7.79. The Balaban J connectivity index is 0.00000133. The van der Waals surface area contributed by atoms with E-state index in [1.54, 1.807) is 0 Å². The molecule has 112 valence electrons. The molecule has 0 saturated carbocycles. The van der Waals surface area contributed by atoms with Crippen molar-refractivity contribution in [3.63, 3.8) is 0 Å². The Morgan fingerprint density at radius 2 is 1.95 bits per heavy atom. The summed E-state index contributed by atoms with van der Waals surface area (Å²) in [5, 5.41) is 3.53. The number of halogens is 1. The molecule has 0 aromatic carbocycles. The molecule has 3 aliphatic rings. The maximum atomic E-state index is 5.44. The van der Waals surface area contributed by atoms with Gasteiger partial charge in [-0.1, -0.05) is 0 Å². The van der Waals surface area contributed by atoms with Crippen molar-refractivity contribution in [2.24, 2.45) is 5.92 Å². The lowest BCUT2D eigenvalue weighted by atomic mass is 9.99. The van der Waals surface area contributed by atoms with Crippen LogP contribution in [0, 0.1) is 5.92 Å². The summed E-state index contributed by atoms with van der Waals surface area (Å²) >= 11 is 0. The predicted molar refractivity (Wildman–Crippen MR) is 80.1 cm³/mol. The normalized spacial score (nSPS) is 34.1. The minimum atomic E-state index is 0. The van der Waals surface area contributed by atoms with Crippen molar-refractivity contribution in [1.82, 2.24) is 15.1 Å². The molecule has 4 nitrogen and oxygen atoms in total. The Hall–Kier alpha value is 0.130. The van der Waals surface area contributed by atoms with Gasteiger partial charge in [0.15, 0.2) is 0 Å². The molecule has 3 fully saturated rings. The van der Waals surface area contributed by atoms with Gasteiger partial charge < -0.3 is 15.0 Å². The summed E-state index contributed by atoms with van der Waals surface area (Å²) in [4.78, 5) is 5.33. The summed E-state index contributed by atoms with van der Waals surface area (Å²) in [5.41, 5.74) is 0. The fourth-order valence-electron chi connectivity index (χ4n) is 3.66. The van der Waals surface area contributed by atoms with Crippen LogP contribution >= 0.6 is 12.4 Å². The average molecular weight is 290 g/mol. The number of hydrogen-bond acceptors (Lipinski definition) is 4. The van der Waals surface area contributed by atoms with Gasteiger partial charge in [-0.25, -0.2) is 0 Å². The van der Waals surface area contributed by atoms with Crippen LogP contribution < -0.4 is 5.32 Å². The van der Waals surface area contributed by atoms with E-state index in [9.17, 15) is 0 Å². The molecule has 0 aliphatic carbocycles. The average Bonchev–Trinajstić information content (AvgIpc) is 2.89. The molecule has 19 heavy (non-hydrogen) atoms. The van der Waals surface area contributed by atoms with E-state index >= 15 is 0 Å². The Labute approximate surface area is 123 Å². The molecule has 3 rings (SSSR count). The van der Waals surface area contributed by atoms with E-state index in [0.717, 1.165) is 38.3 Å². The highest BCUT2D eigenvalue weighted by Crippen LogP contribution is 2.20. The van der Waals surface area contributed by atoms with Crippen LogP contribution in [0.3, 0.4) is 0 Å². The first-order valence-electron chi connectivity index (χ1n) is 7.67. The van der Waals surface area contributed by atoms with E-state index in [4.69, 9.17) is 4.74 Å². The molecule has 3 aliphatic heterocycles. The minimum absolute atomic E-state index is 0. The van der Waals surface area contributed by atoms with Crippen molar-refractivity contribution in [3.8, 4) is 0 Å². The van der Waals surface area contributed by atoms with Crippen molar-refractivity contribution >= 4 is 12.4 Å². The molecule has 0 bridgehead atoms. The summed E-state index contributed by atoms with van der Waals surface area (Å²) < 4.78 is 5.44. The quantitative estimate of drug-likeness (QED) is 0.832. The molecule has 5 heteroatoms. The van der Waals surface area contributed by atoms with E-state index in [2.05, 4.69) is 15.1 Å². The molecule has 2 unspecified atom stereocenters. The maximum Gasteiger partial charge on any atom is 0.0594 e. The van der Waals surface area contributed by atoms with Crippen LogP contribution in [0.4, 0.5) is 0 Å². The summed E-state index contributed by atoms with van der Waals surface area (Å²) in [7, 11) is 0. The molecule has 0 aromatic rings. The zero-order valence-electron chi connectivity index (χ0n) is 11.9. The number of nitrogens with zero attached hydrogens (tertiary/aromatic N) is 2. The molecule has 0 amide bonds. The Kier molecular flexibility index (Phi) is 6.36. The topological polar surface area (TPSA) is 27.7 Å². The monoisotopic (exact) mass is 289 g/mol. The number of piperidine rings is 1. The van der Waals surface area contributed by atoms with Gasteiger partial charge in [0, 0.05) is 32.2 Å². The van der Waals surface area contributed by atoms with E-state index in [1.807, 2.05) is 0 Å². The highest BCUT2D eigenvalue weighted by molar-refractivity contribution is 5.85. The van der Waals surface area contributed by atoms with Crippen LogP contribution in [0.15, 0.2) is 0 Å². The van der Waals surface area contributed by atoms with Crippen molar-refractivity contribution < 1.29 is 4.74 Å². The predicted octanol–water partition coefficient (Wildman–Crippen LogP) is 0.814. The minimum Gasteiger partial charge on any atom is -0.379 e.